The number of hydrogen-bond acceptors (Lipinski definition) is 4. The van der Waals surface area contributed by atoms with Crippen LogP contribution in [0.15, 0.2) is 47.5 Å². The summed E-state index contributed by atoms with van der Waals surface area (Å²) >= 11 is 6.33. The van der Waals surface area contributed by atoms with Crippen LogP contribution in [0.5, 0.6) is 5.75 Å². The van der Waals surface area contributed by atoms with Crippen LogP contribution >= 0.6 is 56.5 Å². The molecule has 0 bridgehead atoms. The number of thiophene rings is 1. The average molecular weight is 680 g/mol. The fourth-order valence-electron chi connectivity index (χ4n) is 4.20. The van der Waals surface area contributed by atoms with Gasteiger partial charge in [0.05, 0.1) is 9.13 Å². The highest BCUT2D eigenvalue weighted by molar-refractivity contribution is 14.1. The van der Waals surface area contributed by atoms with Gasteiger partial charge in [0.2, 0.25) is 0 Å². The van der Waals surface area contributed by atoms with Gasteiger partial charge in [0.1, 0.15) is 23.4 Å². The van der Waals surface area contributed by atoms with Crippen LogP contribution < -0.4 is 4.74 Å². The molecule has 0 saturated heterocycles. The van der Waals surface area contributed by atoms with Gasteiger partial charge in [-0.15, -0.1) is 11.3 Å². The van der Waals surface area contributed by atoms with Crippen LogP contribution in [0.1, 0.15) is 54.3 Å². The number of nitriles is 1. The lowest BCUT2D eigenvalue weighted by atomic mass is 9.72. The van der Waals surface area contributed by atoms with E-state index in [-0.39, 0.29) is 5.41 Å². The van der Waals surface area contributed by atoms with E-state index < -0.39 is 0 Å². The number of ether oxygens (including phenoxy) is 1. The van der Waals surface area contributed by atoms with Crippen LogP contribution in [0, 0.1) is 29.8 Å². The van der Waals surface area contributed by atoms with Gasteiger partial charge >= 0.3 is 0 Å². The molecular formula is C27H26I2N2OS. The van der Waals surface area contributed by atoms with E-state index in [1.54, 1.807) is 11.3 Å². The Kier molecular flexibility index (Phi) is 7.81. The molecule has 4 rings (SSSR count). The lowest BCUT2D eigenvalue weighted by Gasteiger charge is -2.33. The average Bonchev–Trinajstić information content (AvgIpc) is 3.13. The molecule has 2 aromatic carbocycles. The van der Waals surface area contributed by atoms with Crippen LogP contribution in [-0.4, -0.2) is 6.21 Å². The second-order valence-electron chi connectivity index (χ2n) is 9.44. The zero-order valence-corrected chi connectivity index (χ0v) is 24.1. The standard InChI is InChI=1S/C27H26I2N2OS/c1-27(2,3)19-9-10-21-22(14-30)26(33-24(21)12-19)31-15-18-11-20(28)13-23(29)25(18)32-16-17-7-5-4-6-8-17/h4-8,11,13,15,19H,9-10,12,16H2,1-3H3/t19-/m0/s1. The zero-order valence-electron chi connectivity index (χ0n) is 19.0. The van der Waals surface area contributed by atoms with E-state index in [2.05, 4.69) is 96.3 Å². The fourth-order valence-corrected chi connectivity index (χ4v) is 7.47. The first kappa shape index (κ1) is 24.7. The quantitative estimate of drug-likeness (QED) is 0.201. The summed E-state index contributed by atoms with van der Waals surface area (Å²) in [5, 5.41) is 10.7. The molecule has 1 aliphatic rings. The Morgan fingerprint density at radius 3 is 2.67 bits per heavy atom. The lowest BCUT2D eigenvalue weighted by Crippen LogP contribution is -2.26. The third-order valence-electron chi connectivity index (χ3n) is 6.17. The Bertz CT molecular complexity index is 1220. The van der Waals surface area contributed by atoms with Crippen molar-refractivity contribution >= 4 is 67.7 Å². The van der Waals surface area contributed by atoms with Gasteiger partial charge < -0.3 is 4.74 Å². The maximum Gasteiger partial charge on any atom is 0.141 e. The van der Waals surface area contributed by atoms with E-state index in [9.17, 15) is 5.26 Å². The highest BCUT2D eigenvalue weighted by Crippen LogP contribution is 2.45. The molecule has 0 unspecified atom stereocenters. The molecule has 1 aliphatic carbocycles. The van der Waals surface area contributed by atoms with E-state index in [1.807, 2.05) is 24.4 Å². The Morgan fingerprint density at radius 1 is 1.21 bits per heavy atom. The summed E-state index contributed by atoms with van der Waals surface area (Å²) in [4.78, 5) is 6.16. The lowest BCUT2D eigenvalue weighted by molar-refractivity contribution is 0.218. The third kappa shape index (κ3) is 5.80. The van der Waals surface area contributed by atoms with Gasteiger partial charge in [-0.3, -0.25) is 0 Å². The Labute approximate surface area is 227 Å². The number of hydrogen-bond donors (Lipinski definition) is 0. The molecule has 0 radical (unpaired) electrons. The van der Waals surface area contributed by atoms with Crippen molar-refractivity contribution in [2.24, 2.45) is 16.3 Å². The number of rotatable bonds is 5. The number of halogens is 2. The highest BCUT2D eigenvalue weighted by atomic mass is 127. The van der Waals surface area contributed by atoms with E-state index in [4.69, 9.17) is 9.73 Å². The van der Waals surface area contributed by atoms with Crippen LogP contribution in [0.4, 0.5) is 5.00 Å². The van der Waals surface area contributed by atoms with Crippen LogP contribution in [0.2, 0.25) is 0 Å². The fraction of sp³-hybridized carbons (Fsp3) is 0.333. The molecule has 33 heavy (non-hydrogen) atoms. The molecule has 0 spiro atoms. The maximum atomic E-state index is 9.90. The topological polar surface area (TPSA) is 45.4 Å². The first-order valence-corrected chi connectivity index (χ1v) is 14.0. The normalized spacial score (nSPS) is 15.9. The van der Waals surface area contributed by atoms with Crippen molar-refractivity contribution in [3.05, 3.63) is 76.7 Å². The summed E-state index contributed by atoms with van der Waals surface area (Å²) in [6.45, 7) is 7.45. The molecule has 0 aliphatic heterocycles. The SMILES string of the molecule is CC(C)(C)[C@H]1CCc2c(sc(N=Cc3cc(I)cc(I)c3OCc3ccccc3)c2C#N)C1. The molecule has 1 atom stereocenters. The van der Waals surface area contributed by atoms with Crippen LogP contribution in [0.3, 0.4) is 0 Å². The zero-order chi connectivity index (χ0) is 23.6. The van der Waals surface area contributed by atoms with Gasteiger partial charge in [-0.25, -0.2) is 4.99 Å². The van der Waals surface area contributed by atoms with Crippen molar-refractivity contribution in [3.8, 4) is 11.8 Å². The number of fused-ring (bicyclic) bond motifs is 1. The minimum atomic E-state index is 0.278. The molecule has 6 heteroatoms. The molecule has 3 nitrogen and oxygen atoms in total. The predicted octanol–water partition coefficient (Wildman–Crippen LogP) is 8.31. The second kappa shape index (κ2) is 10.4. The van der Waals surface area contributed by atoms with Gasteiger partial charge in [-0.05, 0) is 99.0 Å². The van der Waals surface area contributed by atoms with E-state index in [0.29, 0.717) is 12.5 Å². The van der Waals surface area contributed by atoms with Gasteiger partial charge in [0.15, 0.2) is 0 Å². The minimum absolute atomic E-state index is 0.278. The summed E-state index contributed by atoms with van der Waals surface area (Å²) in [7, 11) is 0. The summed E-state index contributed by atoms with van der Waals surface area (Å²) in [5.74, 6) is 1.47. The smallest absolute Gasteiger partial charge is 0.141 e. The van der Waals surface area contributed by atoms with E-state index in [0.717, 1.165) is 53.8 Å². The molecule has 3 aromatic rings. The van der Waals surface area contributed by atoms with E-state index in [1.165, 1.54) is 10.4 Å². The predicted molar refractivity (Wildman–Crippen MR) is 154 cm³/mol. The van der Waals surface area contributed by atoms with Gasteiger partial charge in [0.25, 0.3) is 0 Å². The minimum Gasteiger partial charge on any atom is -0.487 e. The van der Waals surface area contributed by atoms with Crippen molar-refractivity contribution in [1.82, 2.24) is 0 Å². The van der Waals surface area contributed by atoms with Gasteiger partial charge in [-0.1, -0.05) is 51.1 Å². The van der Waals surface area contributed by atoms with Crippen molar-refractivity contribution in [1.29, 1.82) is 5.26 Å². The Balaban J connectivity index is 1.63. The van der Waals surface area contributed by atoms with Crippen molar-refractivity contribution in [2.75, 3.05) is 0 Å². The molecular weight excluding hydrogens is 654 g/mol. The molecule has 0 fully saturated rings. The second-order valence-corrected chi connectivity index (χ2v) is 12.9. The molecule has 1 heterocycles. The third-order valence-corrected chi connectivity index (χ3v) is 8.75. The van der Waals surface area contributed by atoms with Crippen LogP contribution in [0.25, 0.3) is 0 Å². The van der Waals surface area contributed by atoms with Crippen LogP contribution in [-0.2, 0) is 19.4 Å². The monoisotopic (exact) mass is 680 g/mol. The molecule has 0 saturated carbocycles. The summed E-state index contributed by atoms with van der Waals surface area (Å²) < 4.78 is 8.40. The van der Waals surface area contributed by atoms with Gasteiger partial charge in [-0.2, -0.15) is 5.26 Å². The summed E-state index contributed by atoms with van der Waals surface area (Å²) in [6, 6.07) is 16.8. The highest BCUT2D eigenvalue weighted by Gasteiger charge is 2.32. The summed E-state index contributed by atoms with van der Waals surface area (Å²) in [5.41, 5.74) is 4.31. The summed E-state index contributed by atoms with van der Waals surface area (Å²) in [6.07, 6.45) is 5.01. The van der Waals surface area contributed by atoms with Crippen molar-refractivity contribution in [3.63, 3.8) is 0 Å². The van der Waals surface area contributed by atoms with Gasteiger partial charge in [0, 0.05) is 20.2 Å². The number of aliphatic imine (C=N–C) groups is 1. The van der Waals surface area contributed by atoms with Crippen molar-refractivity contribution in [2.45, 2.75) is 46.6 Å². The number of nitrogens with zero attached hydrogens (tertiary/aromatic N) is 2. The molecule has 0 N–H and O–H groups in total. The Morgan fingerprint density at radius 2 is 1.97 bits per heavy atom. The first-order chi connectivity index (χ1) is 15.8. The first-order valence-electron chi connectivity index (χ1n) is 11.0. The maximum absolute atomic E-state index is 9.90. The largest absolute Gasteiger partial charge is 0.487 e. The molecule has 170 valence electrons. The molecule has 1 aromatic heterocycles. The Hall–Kier alpha value is -1.44. The van der Waals surface area contributed by atoms with E-state index >= 15 is 0 Å². The van der Waals surface area contributed by atoms with Crippen molar-refractivity contribution < 1.29 is 4.74 Å². The molecule has 0 amide bonds. The number of benzene rings is 2.